The Bertz CT molecular complexity index is 588. The van der Waals surface area contributed by atoms with E-state index in [1.807, 2.05) is 10.8 Å². The Morgan fingerprint density at radius 1 is 1.39 bits per heavy atom. The minimum Gasteiger partial charge on any atom is -0.389 e. The standard InChI is InChI=1S/C12H14N4OS/c13-11(18)10-3-1-6-16(12(10)17)7-2-5-15-8-4-14-9-15/h1,3-4,6,8-9H,2,5,7H2,(H2,13,18). The van der Waals surface area contributed by atoms with Crippen molar-refractivity contribution < 1.29 is 0 Å². The molecular weight excluding hydrogens is 248 g/mol. The lowest BCUT2D eigenvalue weighted by Crippen LogP contribution is -2.28. The van der Waals surface area contributed by atoms with Crippen molar-refractivity contribution in [1.29, 1.82) is 0 Å². The number of aryl methyl sites for hydroxylation is 2. The lowest BCUT2D eigenvalue weighted by atomic mass is 10.2. The van der Waals surface area contributed by atoms with Crippen LogP contribution in [0.25, 0.3) is 0 Å². The van der Waals surface area contributed by atoms with Gasteiger partial charge in [0.15, 0.2) is 0 Å². The first-order valence-corrected chi connectivity index (χ1v) is 6.04. The number of thiocarbonyl (C=S) groups is 1. The molecule has 0 spiro atoms. The van der Waals surface area contributed by atoms with Gasteiger partial charge in [0.2, 0.25) is 0 Å². The van der Waals surface area contributed by atoms with Gasteiger partial charge in [-0.25, -0.2) is 4.98 Å². The molecule has 6 heteroatoms. The van der Waals surface area contributed by atoms with Gasteiger partial charge in [0.1, 0.15) is 4.99 Å². The minimum atomic E-state index is -0.129. The van der Waals surface area contributed by atoms with Crippen LogP contribution in [0.3, 0.4) is 0 Å². The second kappa shape index (κ2) is 5.59. The fourth-order valence-corrected chi connectivity index (χ4v) is 1.90. The third kappa shape index (κ3) is 2.84. The van der Waals surface area contributed by atoms with Crippen LogP contribution in [0.1, 0.15) is 12.0 Å². The Kier molecular flexibility index (Phi) is 3.88. The molecule has 0 bridgehead atoms. The van der Waals surface area contributed by atoms with Gasteiger partial charge in [0, 0.05) is 31.7 Å². The van der Waals surface area contributed by atoms with Crippen molar-refractivity contribution in [3.8, 4) is 0 Å². The van der Waals surface area contributed by atoms with E-state index in [4.69, 9.17) is 18.0 Å². The van der Waals surface area contributed by atoms with Crippen LogP contribution in [-0.2, 0) is 13.1 Å². The summed E-state index contributed by atoms with van der Waals surface area (Å²) in [5, 5.41) is 0. The molecule has 0 amide bonds. The number of aromatic nitrogens is 3. The topological polar surface area (TPSA) is 65.8 Å². The van der Waals surface area contributed by atoms with E-state index in [0.717, 1.165) is 13.0 Å². The lowest BCUT2D eigenvalue weighted by Gasteiger charge is -2.07. The molecule has 0 saturated carbocycles. The van der Waals surface area contributed by atoms with Crippen molar-refractivity contribution in [2.75, 3.05) is 0 Å². The van der Waals surface area contributed by atoms with Crippen molar-refractivity contribution in [2.45, 2.75) is 19.5 Å². The van der Waals surface area contributed by atoms with Gasteiger partial charge in [0.25, 0.3) is 5.56 Å². The molecule has 0 aromatic carbocycles. The Morgan fingerprint density at radius 2 is 2.22 bits per heavy atom. The average Bonchev–Trinajstić information content (AvgIpc) is 2.84. The third-order valence-electron chi connectivity index (χ3n) is 2.66. The quantitative estimate of drug-likeness (QED) is 0.808. The number of nitrogens with zero attached hydrogens (tertiary/aromatic N) is 3. The van der Waals surface area contributed by atoms with Crippen molar-refractivity contribution in [2.24, 2.45) is 5.73 Å². The number of hydrogen-bond donors (Lipinski definition) is 1. The largest absolute Gasteiger partial charge is 0.389 e. The predicted octanol–water partition coefficient (Wildman–Crippen LogP) is 0.769. The van der Waals surface area contributed by atoms with Crippen molar-refractivity contribution in [3.05, 3.63) is 53.0 Å². The highest BCUT2D eigenvalue weighted by Crippen LogP contribution is 1.96. The maximum atomic E-state index is 12.0. The number of imidazole rings is 1. The monoisotopic (exact) mass is 262 g/mol. The first kappa shape index (κ1) is 12.5. The molecule has 2 heterocycles. The molecule has 0 aliphatic carbocycles. The second-order valence-corrected chi connectivity index (χ2v) is 4.38. The molecule has 2 N–H and O–H groups in total. The molecule has 2 rings (SSSR count). The van der Waals surface area contributed by atoms with E-state index in [1.165, 1.54) is 0 Å². The lowest BCUT2D eigenvalue weighted by molar-refractivity contribution is 0.552. The van der Waals surface area contributed by atoms with Crippen LogP contribution in [0, 0.1) is 0 Å². The van der Waals surface area contributed by atoms with E-state index in [-0.39, 0.29) is 10.5 Å². The van der Waals surface area contributed by atoms with Gasteiger partial charge in [-0.3, -0.25) is 4.79 Å². The first-order chi connectivity index (χ1) is 8.68. The van der Waals surface area contributed by atoms with Crippen LogP contribution in [0.5, 0.6) is 0 Å². The molecule has 2 aromatic heterocycles. The number of hydrogen-bond acceptors (Lipinski definition) is 3. The molecule has 0 radical (unpaired) electrons. The summed E-state index contributed by atoms with van der Waals surface area (Å²) in [5.74, 6) is 0. The fourth-order valence-electron chi connectivity index (χ4n) is 1.74. The van der Waals surface area contributed by atoms with Gasteiger partial charge >= 0.3 is 0 Å². The zero-order valence-corrected chi connectivity index (χ0v) is 10.6. The van der Waals surface area contributed by atoms with Crippen LogP contribution < -0.4 is 11.3 Å². The summed E-state index contributed by atoms with van der Waals surface area (Å²) in [5.41, 5.74) is 5.76. The van der Waals surface area contributed by atoms with E-state index in [1.54, 1.807) is 35.4 Å². The summed E-state index contributed by atoms with van der Waals surface area (Å²) < 4.78 is 3.61. The van der Waals surface area contributed by atoms with E-state index in [9.17, 15) is 4.79 Å². The summed E-state index contributed by atoms with van der Waals surface area (Å²) >= 11 is 4.84. The Morgan fingerprint density at radius 3 is 2.89 bits per heavy atom. The molecule has 0 saturated heterocycles. The SMILES string of the molecule is NC(=S)c1cccn(CCCn2ccnc2)c1=O. The molecule has 2 aromatic rings. The van der Waals surface area contributed by atoms with Gasteiger partial charge in [0.05, 0.1) is 11.9 Å². The normalized spacial score (nSPS) is 10.4. The van der Waals surface area contributed by atoms with Crippen LogP contribution in [0.4, 0.5) is 0 Å². The zero-order valence-electron chi connectivity index (χ0n) is 9.82. The van der Waals surface area contributed by atoms with E-state index >= 15 is 0 Å². The molecular formula is C12H14N4OS. The highest BCUT2D eigenvalue weighted by atomic mass is 32.1. The van der Waals surface area contributed by atoms with Crippen LogP contribution in [0.15, 0.2) is 41.8 Å². The van der Waals surface area contributed by atoms with Crippen LogP contribution >= 0.6 is 12.2 Å². The van der Waals surface area contributed by atoms with Crippen molar-refractivity contribution in [3.63, 3.8) is 0 Å². The van der Waals surface area contributed by atoms with E-state index in [0.29, 0.717) is 12.1 Å². The van der Waals surface area contributed by atoms with Gasteiger partial charge in [-0.2, -0.15) is 0 Å². The summed E-state index contributed by atoms with van der Waals surface area (Å²) in [6, 6.07) is 3.43. The summed E-state index contributed by atoms with van der Waals surface area (Å²) in [4.78, 5) is 16.1. The third-order valence-corrected chi connectivity index (χ3v) is 2.88. The summed E-state index contributed by atoms with van der Waals surface area (Å²) in [6.07, 6.45) is 7.98. The van der Waals surface area contributed by atoms with Crippen molar-refractivity contribution in [1.82, 2.24) is 14.1 Å². The second-order valence-electron chi connectivity index (χ2n) is 3.94. The minimum absolute atomic E-state index is 0.129. The number of pyridine rings is 1. The highest BCUT2D eigenvalue weighted by molar-refractivity contribution is 7.80. The van der Waals surface area contributed by atoms with Gasteiger partial charge < -0.3 is 14.9 Å². The Hall–Kier alpha value is -1.95. The summed E-state index contributed by atoms with van der Waals surface area (Å²) in [6.45, 7) is 1.46. The molecule has 94 valence electrons. The molecule has 0 aliphatic rings. The maximum Gasteiger partial charge on any atom is 0.260 e. The summed E-state index contributed by atoms with van der Waals surface area (Å²) in [7, 11) is 0. The van der Waals surface area contributed by atoms with Crippen molar-refractivity contribution >= 4 is 17.2 Å². The van der Waals surface area contributed by atoms with Gasteiger partial charge in [-0.05, 0) is 18.6 Å². The molecule has 5 nitrogen and oxygen atoms in total. The Balaban J connectivity index is 2.04. The number of rotatable bonds is 5. The highest BCUT2D eigenvalue weighted by Gasteiger charge is 2.04. The Labute approximate surface area is 110 Å². The van der Waals surface area contributed by atoms with Gasteiger partial charge in [-0.15, -0.1) is 0 Å². The predicted molar refractivity (Wildman–Crippen MR) is 73.4 cm³/mol. The average molecular weight is 262 g/mol. The van der Waals surface area contributed by atoms with Crippen LogP contribution in [-0.4, -0.2) is 19.1 Å². The maximum absolute atomic E-state index is 12.0. The molecule has 0 unspecified atom stereocenters. The van der Waals surface area contributed by atoms with Gasteiger partial charge in [-0.1, -0.05) is 12.2 Å². The molecule has 0 atom stereocenters. The number of nitrogens with two attached hydrogens (primary N) is 1. The first-order valence-electron chi connectivity index (χ1n) is 5.63. The fraction of sp³-hybridized carbons (Fsp3) is 0.250. The van der Waals surface area contributed by atoms with E-state index < -0.39 is 0 Å². The zero-order chi connectivity index (χ0) is 13.0. The molecule has 18 heavy (non-hydrogen) atoms. The van der Waals surface area contributed by atoms with E-state index in [2.05, 4.69) is 4.98 Å². The van der Waals surface area contributed by atoms with Crippen LogP contribution in [0.2, 0.25) is 0 Å². The molecule has 0 fully saturated rings. The smallest absolute Gasteiger partial charge is 0.260 e. The molecule has 0 aliphatic heterocycles.